The number of aliphatic hydroxyl groups is 1. The van der Waals surface area contributed by atoms with Gasteiger partial charge in [-0.25, -0.2) is 13.1 Å². The lowest BCUT2D eigenvalue weighted by Crippen LogP contribution is -2.31. The van der Waals surface area contributed by atoms with Crippen LogP contribution in [0.15, 0.2) is 0 Å². The highest BCUT2D eigenvalue weighted by atomic mass is 32.2. The van der Waals surface area contributed by atoms with Crippen molar-refractivity contribution < 1.29 is 18.3 Å². The molecule has 0 aromatic heterocycles. The van der Waals surface area contributed by atoms with Crippen LogP contribution in [0, 0.1) is 0 Å². The second-order valence-corrected chi connectivity index (χ2v) is 5.70. The van der Waals surface area contributed by atoms with E-state index in [9.17, 15) is 8.42 Å². The van der Waals surface area contributed by atoms with Crippen LogP contribution < -0.4 is 4.72 Å². The van der Waals surface area contributed by atoms with E-state index in [4.69, 9.17) is 9.84 Å². The van der Waals surface area contributed by atoms with Crippen molar-refractivity contribution in [3.8, 4) is 0 Å². The van der Waals surface area contributed by atoms with Gasteiger partial charge in [0.1, 0.15) is 0 Å². The summed E-state index contributed by atoms with van der Waals surface area (Å²) in [6.07, 6.45) is -0.0261. The summed E-state index contributed by atoms with van der Waals surface area (Å²) < 4.78 is 30.2. The van der Waals surface area contributed by atoms with Crippen molar-refractivity contribution in [2.24, 2.45) is 0 Å². The van der Waals surface area contributed by atoms with Gasteiger partial charge in [0.25, 0.3) is 0 Å². The van der Waals surface area contributed by atoms with E-state index >= 15 is 0 Å². The molecule has 0 aliphatic carbocycles. The van der Waals surface area contributed by atoms with Gasteiger partial charge in [-0.3, -0.25) is 0 Å². The standard InChI is InChI=1S/C9H21NO4S/c1-8(2)14-6-7-15(12,13)10-5-4-9(3)11/h8-11H,4-7H2,1-3H3. The quantitative estimate of drug-likeness (QED) is 0.630. The van der Waals surface area contributed by atoms with Crippen LogP contribution >= 0.6 is 0 Å². The molecule has 15 heavy (non-hydrogen) atoms. The molecule has 1 atom stereocenters. The Hall–Kier alpha value is -0.170. The zero-order valence-electron chi connectivity index (χ0n) is 9.56. The third-order valence-corrected chi connectivity index (χ3v) is 3.04. The highest BCUT2D eigenvalue weighted by Gasteiger charge is 2.10. The summed E-state index contributed by atoms with van der Waals surface area (Å²) in [5.74, 6) is -0.0367. The summed E-state index contributed by atoms with van der Waals surface area (Å²) in [4.78, 5) is 0. The summed E-state index contributed by atoms with van der Waals surface area (Å²) in [6.45, 7) is 5.79. The van der Waals surface area contributed by atoms with Gasteiger partial charge in [-0.05, 0) is 27.2 Å². The summed E-state index contributed by atoms with van der Waals surface area (Å²) >= 11 is 0. The summed E-state index contributed by atoms with van der Waals surface area (Å²) in [6, 6.07) is 0. The monoisotopic (exact) mass is 239 g/mol. The molecule has 6 heteroatoms. The number of nitrogens with one attached hydrogen (secondary N) is 1. The molecule has 0 aliphatic heterocycles. The molecule has 0 aromatic carbocycles. The first-order valence-electron chi connectivity index (χ1n) is 5.10. The molecule has 0 radical (unpaired) electrons. The van der Waals surface area contributed by atoms with E-state index in [1.165, 1.54) is 0 Å². The number of ether oxygens (including phenoxy) is 1. The van der Waals surface area contributed by atoms with Crippen molar-refractivity contribution in [1.29, 1.82) is 0 Å². The molecular formula is C9H21NO4S. The van der Waals surface area contributed by atoms with E-state index in [1.807, 2.05) is 13.8 Å². The van der Waals surface area contributed by atoms with Gasteiger partial charge in [-0.15, -0.1) is 0 Å². The Kier molecular flexibility index (Phi) is 7.08. The zero-order chi connectivity index (χ0) is 11.9. The maximum Gasteiger partial charge on any atom is 0.213 e. The Labute approximate surface area is 91.9 Å². The van der Waals surface area contributed by atoms with Gasteiger partial charge in [-0.1, -0.05) is 0 Å². The lowest BCUT2D eigenvalue weighted by atomic mass is 10.3. The van der Waals surface area contributed by atoms with E-state index < -0.39 is 16.1 Å². The molecule has 0 fully saturated rings. The Morgan fingerprint density at radius 3 is 2.40 bits per heavy atom. The van der Waals surface area contributed by atoms with E-state index in [0.29, 0.717) is 6.42 Å². The predicted molar refractivity (Wildman–Crippen MR) is 59.2 cm³/mol. The van der Waals surface area contributed by atoms with Crippen molar-refractivity contribution in [3.05, 3.63) is 0 Å². The first-order valence-corrected chi connectivity index (χ1v) is 6.75. The number of sulfonamides is 1. The summed E-state index contributed by atoms with van der Waals surface area (Å²) in [5, 5.41) is 8.94. The van der Waals surface area contributed by atoms with Gasteiger partial charge in [0.2, 0.25) is 10.0 Å². The molecule has 0 saturated heterocycles. The summed E-state index contributed by atoms with van der Waals surface area (Å²) in [7, 11) is -3.26. The second kappa shape index (κ2) is 7.16. The highest BCUT2D eigenvalue weighted by Crippen LogP contribution is 1.92. The molecule has 5 nitrogen and oxygen atoms in total. The maximum absolute atomic E-state index is 11.3. The van der Waals surface area contributed by atoms with Crippen LogP contribution in [0.5, 0.6) is 0 Å². The molecular weight excluding hydrogens is 218 g/mol. The highest BCUT2D eigenvalue weighted by molar-refractivity contribution is 7.89. The third kappa shape index (κ3) is 10.1. The third-order valence-electron chi connectivity index (χ3n) is 1.69. The molecule has 0 bridgehead atoms. The van der Waals surface area contributed by atoms with E-state index in [1.54, 1.807) is 6.92 Å². The van der Waals surface area contributed by atoms with Crippen LogP contribution in [0.1, 0.15) is 27.2 Å². The van der Waals surface area contributed by atoms with Crippen LogP contribution in [0.3, 0.4) is 0 Å². The van der Waals surface area contributed by atoms with Gasteiger partial charge >= 0.3 is 0 Å². The number of hydrogen-bond donors (Lipinski definition) is 2. The SMILES string of the molecule is CC(O)CCNS(=O)(=O)CCOC(C)C. The van der Waals surface area contributed by atoms with Crippen LogP contribution in [0.2, 0.25) is 0 Å². The number of rotatable bonds is 8. The Morgan fingerprint density at radius 1 is 1.33 bits per heavy atom. The fourth-order valence-electron chi connectivity index (χ4n) is 0.889. The lowest BCUT2D eigenvalue weighted by molar-refractivity contribution is 0.0911. The minimum absolute atomic E-state index is 0.0367. The minimum Gasteiger partial charge on any atom is -0.393 e. The van der Waals surface area contributed by atoms with Crippen molar-refractivity contribution in [3.63, 3.8) is 0 Å². The van der Waals surface area contributed by atoms with Gasteiger partial charge in [0, 0.05) is 6.54 Å². The van der Waals surface area contributed by atoms with Crippen molar-refractivity contribution in [2.45, 2.75) is 39.4 Å². The molecule has 0 rings (SSSR count). The molecule has 0 heterocycles. The topological polar surface area (TPSA) is 75.6 Å². The predicted octanol–water partition coefficient (Wildman–Crippen LogP) is 0.102. The molecule has 0 saturated carbocycles. The Bertz CT molecular complexity index is 229. The second-order valence-electron chi connectivity index (χ2n) is 3.77. The first kappa shape index (κ1) is 14.8. The van der Waals surface area contributed by atoms with Crippen LogP contribution in [-0.2, 0) is 14.8 Å². The van der Waals surface area contributed by atoms with Gasteiger partial charge in [0.05, 0.1) is 24.6 Å². The van der Waals surface area contributed by atoms with Crippen LogP contribution in [0.4, 0.5) is 0 Å². The van der Waals surface area contributed by atoms with Crippen molar-refractivity contribution >= 4 is 10.0 Å². The van der Waals surface area contributed by atoms with Gasteiger partial charge < -0.3 is 9.84 Å². The maximum atomic E-state index is 11.3. The molecule has 0 spiro atoms. The fraction of sp³-hybridized carbons (Fsp3) is 1.00. The molecule has 1 unspecified atom stereocenters. The van der Waals surface area contributed by atoms with Crippen molar-refractivity contribution in [1.82, 2.24) is 4.72 Å². The first-order chi connectivity index (χ1) is 6.83. The molecule has 0 amide bonds. The Balaban J connectivity index is 3.68. The fourth-order valence-corrected chi connectivity index (χ4v) is 1.78. The van der Waals surface area contributed by atoms with Crippen LogP contribution in [0.25, 0.3) is 0 Å². The molecule has 92 valence electrons. The van der Waals surface area contributed by atoms with E-state index in [-0.39, 0.29) is 25.0 Å². The van der Waals surface area contributed by atoms with Crippen LogP contribution in [-0.4, -0.2) is 44.6 Å². The number of hydrogen-bond acceptors (Lipinski definition) is 4. The molecule has 0 aliphatic rings. The number of aliphatic hydroxyl groups excluding tert-OH is 1. The minimum atomic E-state index is -3.26. The normalized spacial score (nSPS) is 14.5. The van der Waals surface area contributed by atoms with Gasteiger partial charge in [-0.2, -0.15) is 0 Å². The van der Waals surface area contributed by atoms with E-state index in [0.717, 1.165) is 0 Å². The zero-order valence-corrected chi connectivity index (χ0v) is 10.4. The lowest BCUT2D eigenvalue weighted by Gasteiger charge is -2.09. The average molecular weight is 239 g/mol. The average Bonchev–Trinajstić information content (AvgIpc) is 2.01. The molecule has 2 N–H and O–H groups in total. The van der Waals surface area contributed by atoms with Crippen molar-refractivity contribution in [2.75, 3.05) is 18.9 Å². The Morgan fingerprint density at radius 2 is 1.93 bits per heavy atom. The molecule has 0 aromatic rings. The van der Waals surface area contributed by atoms with Gasteiger partial charge in [0.15, 0.2) is 0 Å². The van der Waals surface area contributed by atoms with E-state index in [2.05, 4.69) is 4.72 Å². The smallest absolute Gasteiger partial charge is 0.213 e. The summed E-state index contributed by atoms with van der Waals surface area (Å²) in [5.41, 5.74) is 0. The largest absolute Gasteiger partial charge is 0.393 e.